The fourth-order valence-corrected chi connectivity index (χ4v) is 4.33. The van der Waals surface area contributed by atoms with Crippen molar-refractivity contribution in [3.8, 4) is 5.75 Å². The molecular weight excluding hydrogens is 456 g/mol. The summed E-state index contributed by atoms with van der Waals surface area (Å²) in [6.07, 6.45) is 4.04. The van der Waals surface area contributed by atoms with Gasteiger partial charge in [0.1, 0.15) is 11.4 Å². The zero-order valence-electron chi connectivity index (χ0n) is 19.8. The fraction of sp³-hybridized carbons (Fsp3) is 0.423. The summed E-state index contributed by atoms with van der Waals surface area (Å²) < 4.78 is 13.0. The molecule has 3 aromatic rings. The Bertz CT molecular complexity index is 1160. The Morgan fingerprint density at radius 1 is 1.21 bits per heavy atom. The zero-order chi connectivity index (χ0) is 24.7. The number of pyridine rings is 1. The fourth-order valence-electron chi connectivity index (χ4n) is 4.18. The summed E-state index contributed by atoms with van der Waals surface area (Å²) in [7, 11) is 3.54. The molecule has 0 radical (unpaired) electrons. The van der Waals surface area contributed by atoms with E-state index in [0.29, 0.717) is 41.3 Å². The van der Waals surface area contributed by atoms with Gasteiger partial charge in [0.15, 0.2) is 5.78 Å². The van der Waals surface area contributed by atoms with E-state index in [4.69, 9.17) is 26.2 Å². The second kappa shape index (κ2) is 12.0. The summed E-state index contributed by atoms with van der Waals surface area (Å²) in [5, 5.41) is 10.2. The number of methoxy groups -OCH3 is 1. The Morgan fingerprint density at radius 3 is 2.74 bits per heavy atom. The molecule has 2 aromatic heterocycles. The van der Waals surface area contributed by atoms with Crippen molar-refractivity contribution in [1.82, 2.24) is 9.55 Å². The van der Waals surface area contributed by atoms with Gasteiger partial charge in [-0.05, 0) is 48.9 Å². The van der Waals surface area contributed by atoms with Crippen LogP contribution in [0.15, 0.2) is 36.5 Å². The predicted octanol–water partition coefficient (Wildman–Crippen LogP) is 5.46. The van der Waals surface area contributed by atoms with Crippen LogP contribution in [0.1, 0.15) is 54.2 Å². The molecule has 0 aliphatic heterocycles. The lowest BCUT2D eigenvalue weighted by Gasteiger charge is -2.11. The van der Waals surface area contributed by atoms with Crippen LogP contribution < -0.4 is 4.74 Å². The van der Waals surface area contributed by atoms with Crippen LogP contribution in [0, 0.1) is 5.92 Å². The number of unbranched alkanes of at least 4 members (excludes halogenated alkanes) is 1. The molecule has 34 heavy (non-hydrogen) atoms. The quantitative estimate of drug-likeness (QED) is 0.255. The van der Waals surface area contributed by atoms with Crippen LogP contribution in [0.4, 0.5) is 0 Å². The van der Waals surface area contributed by atoms with Gasteiger partial charge in [0.05, 0.1) is 18.7 Å². The summed E-state index contributed by atoms with van der Waals surface area (Å²) >= 11 is 6.18. The molecule has 0 bridgehead atoms. The number of aliphatic carboxylic acids is 1. The van der Waals surface area contributed by atoms with Crippen LogP contribution in [0.2, 0.25) is 5.02 Å². The second-order valence-electron chi connectivity index (χ2n) is 8.60. The van der Waals surface area contributed by atoms with Gasteiger partial charge < -0.3 is 19.1 Å². The van der Waals surface area contributed by atoms with Crippen molar-refractivity contribution in [3.05, 3.63) is 58.4 Å². The molecule has 1 aromatic carbocycles. The lowest BCUT2D eigenvalue weighted by Crippen LogP contribution is -2.12. The van der Waals surface area contributed by atoms with Gasteiger partial charge in [0, 0.05) is 49.3 Å². The zero-order valence-corrected chi connectivity index (χ0v) is 20.6. The summed E-state index contributed by atoms with van der Waals surface area (Å²) in [6, 6.07) is 9.56. The minimum atomic E-state index is -0.905. The maximum absolute atomic E-state index is 13.2. The minimum absolute atomic E-state index is 0.0462. The van der Waals surface area contributed by atoms with E-state index in [9.17, 15) is 9.59 Å². The Labute approximate surface area is 204 Å². The first kappa shape index (κ1) is 25.7. The lowest BCUT2D eigenvalue weighted by atomic mass is 9.94. The van der Waals surface area contributed by atoms with E-state index < -0.39 is 5.97 Å². The van der Waals surface area contributed by atoms with E-state index >= 15 is 0 Å². The van der Waals surface area contributed by atoms with Gasteiger partial charge in [0.2, 0.25) is 0 Å². The van der Waals surface area contributed by atoms with Gasteiger partial charge in [0.25, 0.3) is 0 Å². The monoisotopic (exact) mass is 486 g/mol. The predicted molar refractivity (Wildman–Crippen MR) is 132 cm³/mol. The number of Topliss-reactive ketones (excluding diaryl/α,β-unsaturated/α-hetero) is 1. The number of hydrogen-bond acceptors (Lipinski definition) is 5. The van der Waals surface area contributed by atoms with Gasteiger partial charge in [-0.15, -0.1) is 0 Å². The number of benzene rings is 1. The molecule has 0 aliphatic rings. The first-order valence-electron chi connectivity index (χ1n) is 11.4. The van der Waals surface area contributed by atoms with Crippen LogP contribution >= 0.6 is 11.6 Å². The maximum atomic E-state index is 13.2. The van der Waals surface area contributed by atoms with E-state index in [1.54, 1.807) is 26.3 Å². The molecule has 0 saturated carbocycles. The number of halogens is 1. The smallest absolute Gasteiger partial charge is 0.303 e. The van der Waals surface area contributed by atoms with Crippen molar-refractivity contribution >= 4 is 34.4 Å². The van der Waals surface area contributed by atoms with Gasteiger partial charge in [-0.1, -0.05) is 30.7 Å². The number of aromatic nitrogens is 2. The number of carbonyl (C=O) groups excluding carboxylic acids is 1. The molecule has 182 valence electrons. The molecule has 3 rings (SSSR count). The number of fused-ring (bicyclic) bond motifs is 1. The van der Waals surface area contributed by atoms with Crippen LogP contribution in [-0.2, 0) is 29.6 Å². The number of carboxylic acid groups (broad SMARTS) is 1. The number of ketones is 1. The number of carbonyl (C=O) groups is 2. The SMILES string of the molecule is COc1cccc(COCCCCc2c(C(=O)CC(C)CC(=O)O)c3cc(Cl)cnc3n2C)c1. The highest BCUT2D eigenvalue weighted by Crippen LogP contribution is 2.30. The van der Waals surface area contributed by atoms with E-state index in [0.717, 1.165) is 29.8 Å². The number of hydrogen-bond donors (Lipinski definition) is 1. The molecule has 0 saturated heterocycles. The topological polar surface area (TPSA) is 90.7 Å². The van der Waals surface area contributed by atoms with E-state index in [2.05, 4.69) is 4.98 Å². The molecule has 1 N–H and O–H groups in total. The van der Waals surface area contributed by atoms with Gasteiger partial charge in [-0.25, -0.2) is 4.98 Å². The highest BCUT2D eigenvalue weighted by atomic mass is 35.5. The first-order chi connectivity index (χ1) is 16.3. The lowest BCUT2D eigenvalue weighted by molar-refractivity contribution is -0.137. The number of nitrogens with zero attached hydrogens (tertiary/aromatic N) is 2. The molecule has 8 heteroatoms. The Morgan fingerprint density at radius 2 is 2.00 bits per heavy atom. The molecule has 0 amide bonds. The number of aryl methyl sites for hydroxylation is 1. The van der Waals surface area contributed by atoms with Gasteiger partial charge >= 0.3 is 5.97 Å². The normalized spacial score (nSPS) is 12.1. The molecule has 1 atom stereocenters. The van der Waals surface area contributed by atoms with Crippen molar-refractivity contribution in [2.75, 3.05) is 13.7 Å². The average molecular weight is 487 g/mol. The second-order valence-corrected chi connectivity index (χ2v) is 9.03. The Kier molecular flexibility index (Phi) is 9.07. The Balaban J connectivity index is 1.66. The van der Waals surface area contributed by atoms with Crippen molar-refractivity contribution in [2.45, 2.75) is 45.6 Å². The molecule has 1 unspecified atom stereocenters. The Hall–Kier alpha value is -2.90. The molecule has 0 aliphatic carbocycles. The highest BCUT2D eigenvalue weighted by Gasteiger charge is 2.24. The van der Waals surface area contributed by atoms with Gasteiger partial charge in [-0.3, -0.25) is 9.59 Å². The molecule has 0 spiro atoms. The van der Waals surface area contributed by atoms with Crippen LogP contribution in [0.5, 0.6) is 5.75 Å². The average Bonchev–Trinajstić information content (AvgIpc) is 3.06. The van der Waals surface area contributed by atoms with E-state index in [-0.39, 0.29) is 24.5 Å². The molecule has 2 heterocycles. The summed E-state index contributed by atoms with van der Waals surface area (Å²) in [5.41, 5.74) is 3.24. The van der Waals surface area contributed by atoms with Crippen LogP contribution in [0.25, 0.3) is 11.0 Å². The van der Waals surface area contributed by atoms with Crippen LogP contribution in [-0.4, -0.2) is 40.1 Å². The van der Waals surface area contributed by atoms with Gasteiger partial charge in [-0.2, -0.15) is 0 Å². The van der Waals surface area contributed by atoms with Crippen molar-refractivity contribution < 1.29 is 24.2 Å². The largest absolute Gasteiger partial charge is 0.497 e. The van der Waals surface area contributed by atoms with Crippen molar-refractivity contribution in [1.29, 1.82) is 0 Å². The summed E-state index contributed by atoms with van der Waals surface area (Å²) in [6.45, 7) is 2.89. The molecule has 7 nitrogen and oxygen atoms in total. The summed E-state index contributed by atoms with van der Waals surface area (Å²) in [4.78, 5) is 28.7. The van der Waals surface area contributed by atoms with E-state index in [1.807, 2.05) is 35.9 Å². The third-order valence-corrected chi connectivity index (χ3v) is 6.01. The van der Waals surface area contributed by atoms with E-state index in [1.165, 1.54) is 0 Å². The molecule has 0 fully saturated rings. The number of ether oxygens (including phenoxy) is 2. The number of carboxylic acids is 1. The first-order valence-corrected chi connectivity index (χ1v) is 11.8. The minimum Gasteiger partial charge on any atom is -0.497 e. The standard InChI is InChI=1S/C26H31ClN2O5/c1-17(12-24(31)32)11-23(30)25-21-14-19(27)15-28-26(21)29(2)22(25)9-4-5-10-34-16-18-7-6-8-20(13-18)33-3/h6-8,13-15,17H,4-5,9-12,16H2,1-3H3,(H,31,32). The van der Waals surface area contributed by atoms with Crippen LogP contribution in [0.3, 0.4) is 0 Å². The third-order valence-electron chi connectivity index (χ3n) is 5.80. The van der Waals surface area contributed by atoms with Crippen molar-refractivity contribution in [3.63, 3.8) is 0 Å². The van der Waals surface area contributed by atoms with Crippen molar-refractivity contribution in [2.24, 2.45) is 13.0 Å². The third kappa shape index (κ3) is 6.58. The summed E-state index contributed by atoms with van der Waals surface area (Å²) in [5.74, 6) is -0.435. The molecular formula is C26H31ClN2O5. The maximum Gasteiger partial charge on any atom is 0.303 e. The number of rotatable bonds is 13. The highest BCUT2D eigenvalue weighted by molar-refractivity contribution is 6.31.